The third kappa shape index (κ3) is 4.36. The van der Waals surface area contributed by atoms with E-state index in [0.29, 0.717) is 31.3 Å². The molecule has 6 nitrogen and oxygen atoms in total. The molecule has 1 fully saturated rings. The van der Waals surface area contributed by atoms with Crippen LogP contribution in [0.4, 0.5) is 4.39 Å². The molecule has 0 aliphatic carbocycles. The average molecular weight is 408 g/mol. The lowest BCUT2D eigenvalue weighted by Gasteiger charge is -2.27. The summed E-state index contributed by atoms with van der Waals surface area (Å²) >= 11 is 0. The first-order valence-corrected chi connectivity index (χ1v) is 10.0. The quantitative estimate of drug-likeness (QED) is 0.514. The van der Waals surface area contributed by atoms with Crippen LogP contribution in [-0.4, -0.2) is 42.3 Å². The maximum absolute atomic E-state index is 14.8. The number of nitrogens with two attached hydrogens (primary N) is 1. The first kappa shape index (κ1) is 20.1. The van der Waals surface area contributed by atoms with Gasteiger partial charge in [-0.05, 0) is 17.2 Å². The normalized spacial score (nSPS) is 15.9. The van der Waals surface area contributed by atoms with E-state index < -0.39 is 0 Å². The average Bonchev–Trinajstić information content (AvgIpc) is 3.26. The minimum absolute atomic E-state index is 0.141. The summed E-state index contributed by atoms with van der Waals surface area (Å²) in [5.41, 5.74) is 9.95. The molecule has 1 aliphatic heterocycles. The summed E-state index contributed by atoms with van der Waals surface area (Å²) < 4.78 is 25.3. The van der Waals surface area contributed by atoms with Crippen molar-refractivity contribution in [1.82, 2.24) is 10.1 Å². The van der Waals surface area contributed by atoms with Gasteiger partial charge in [-0.2, -0.15) is 0 Å². The van der Waals surface area contributed by atoms with Gasteiger partial charge in [0.25, 0.3) is 0 Å². The largest absolute Gasteiger partial charge is 0.378 e. The molecule has 0 amide bonds. The molecule has 2 aromatic carbocycles. The third-order valence-corrected chi connectivity index (χ3v) is 5.41. The SMILES string of the molecule is CC(c1ccc(-c2ccccc2)c(F)c1)c1nocc1CN=C(N)N1CCOCC1. The fourth-order valence-corrected chi connectivity index (χ4v) is 3.61. The highest BCUT2D eigenvalue weighted by atomic mass is 19.1. The number of ether oxygens (including phenoxy) is 1. The first-order valence-electron chi connectivity index (χ1n) is 10.0. The third-order valence-electron chi connectivity index (χ3n) is 5.41. The zero-order valence-electron chi connectivity index (χ0n) is 16.9. The number of aliphatic imine (C=N–C) groups is 1. The van der Waals surface area contributed by atoms with Gasteiger partial charge in [-0.15, -0.1) is 0 Å². The minimum atomic E-state index is -0.259. The molecule has 156 valence electrons. The van der Waals surface area contributed by atoms with Crippen molar-refractivity contribution in [3.8, 4) is 11.1 Å². The molecule has 0 bridgehead atoms. The Hall–Kier alpha value is -3.19. The Morgan fingerprint density at radius 2 is 1.97 bits per heavy atom. The van der Waals surface area contributed by atoms with Crippen molar-refractivity contribution in [3.05, 3.63) is 77.4 Å². The Morgan fingerprint density at radius 1 is 1.20 bits per heavy atom. The van der Waals surface area contributed by atoms with Crippen LogP contribution in [0.1, 0.15) is 29.7 Å². The lowest BCUT2D eigenvalue weighted by atomic mass is 9.93. The number of guanidine groups is 1. The van der Waals surface area contributed by atoms with E-state index in [-0.39, 0.29) is 11.7 Å². The van der Waals surface area contributed by atoms with Gasteiger partial charge in [-0.25, -0.2) is 9.38 Å². The molecular weight excluding hydrogens is 383 g/mol. The molecule has 2 N–H and O–H groups in total. The Labute approximate surface area is 175 Å². The van der Waals surface area contributed by atoms with Gasteiger partial charge in [0.15, 0.2) is 5.96 Å². The van der Waals surface area contributed by atoms with E-state index in [1.807, 2.05) is 54.3 Å². The lowest BCUT2D eigenvalue weighted by molar-refractivity contribution is 0.0674. The van der Waals surface area contributed by atoms with Gasteiger partial charge in [-0.3, -0.25) is 0 Å². The van der Waals surface area contributed by atoms with Gasteiger partial charge in [0.2, 0.25) is 0 Å². The van der Waals surface area contributed by atoms with Crippen molar-refractivity contribution < 1.29 is 13.7 Å². The van der Waals surface area contributed by atoms with E-state index >= 15 is 0 Å². The summed E-state index contributed by atoms with van der Waals surface area (Å²) in [4.78, 5) is 6.49. The van der Waals surface area contributed by atoms with Gasteiger partial charge in [0.1, 0.15) is 12.1 Å². The molecule has 0 spiro atoms. The zero-order chi connectivity index (χ0) is 20.9. The summed E-state index contributed by atoms with van der Waals surface area (Å²) in [6.07, 6.45) is 1.58. The Morgan fingerprint density at radius 3 is 2.70 bits per heavy atom. The Balaban J connectivity index is 1.51. The molecule has 30 heavy (non-hydrogen) atoms. The van der Waals surface area contributed by atoms with Gasteiger partial charge in [0, 0.05) is 30.1 Å². The molecule has 4 rings (SSSR count). The number of hydrogen-bond donors (Lipinski definition) is 1. The van der Waals surface area contributed by atoms with Gasteiger partial charge < -0.3 is 19.9 Å². The van der Waals surface area contributed by atoms with Crippen molar-refractivity contribution in [2.24, 2.45) is 10.7 Å². The van der Waals surface area contributed by atoms with Crippen molar-refractivity contribution in [1.29, 1.82) is 0 Å². The predicted octanol–water partition coefficient (Wildman–Crippen LogP) is 3.78. The molecule has 1 atom stereocenters. The summed E-state index contributed by atoms with van der Waals surface area (Å²) in [6.45, 7) is 5.10. The topological polar surface area (TPSA) is 76.9 Å². The van der Waals surface area contributed by atoms with E-state index in [1.165, 1.54) is 0 Å². The van der Waals surface area contributed by atoms with E-state index in [2.05, 4.69) is 10.1 Å². The van der Waals surface area contributed by atoms with E-state index in [9.17, 15) is 4.39 Å². The first-order chi connectivity index (χ1) is 14.6. The lowest BCUT2D eigenvalue weighted by Crippen LogP contribution is -2.44. The van der Waals surface area contributed by atoms with Crippen LogP contribution >= 0.6 is 0 Å². The van der Waals surface area contributed by atoms with Gasteiger partial charge in [-0.1, -0.05) is 54.5 Å². The van der Waals surface area contributed by atoms with E-state index in [0.717, 1.165) is 35.5 Å². The highest BCUT2D eigenvalue weighted by Crippen LogP contribution is 2.30. The maximum atomic E-state index is 14.8. The second kappa shape index (κ2) is 9.09. The molecule has 0 radical (unpaired) electrons. The molecule has 2 heterocycles. The molecule has 1 saturated heterocycles. The highest BCUT2D eigenvalue weighted by Gasteiger charge is 2.19. The number of aromatic nitrogens is 1. The minimum Gasteiger partial charge on any atom is -0.378 e. The fourth-order valence-electron chi connectivity index (χ4n) is 3.61. The maximum Gasteiger partial charge on any atom is 0.191 e. The van der Waals surface area contributed by atoms with Gasteiger partial charge >= 0.3 is 0 Å². The second-order valence-corrected chi connectivity index (χ2v) is 7.33. The Bertz CT molecular complexity index is 1010. The van der Waals surface area contributed by atoms with Crippen LogP contribution in [0.25, 0.3) is 11.1 Å². The molecule has 1 unspecified atom stereocenters. The molecule has 1 aliphatic rings. The number of nitrogens with zero attached hydrogens (tertiary/aromatic N) is 3. The smallest absolute Gasteiger partial charge is 0.191 e. The molecule has 1 aromatic heterocycles. The fraction of sp³-hybridized carbons (Fsp3) is 0.304. The number of hydrogen-bond acceptors (Lipinski definition) is 4. The van der Waals surface area contributed by atoms with Crippen LogP contribution in [0.3, 0.4) is 0 Å². The zero-order valence-corrected chi connectivity index (χ0v) is 16.9. The van der Waals surface area contributed by atoms with Crippen LogP contribution in [0.15, 0.2) is 64.3 Å². The van der Waals surface area contributed by atoms with Crippen LogP contribution in [0, 0.1) is 5.82 Å². The van der Waals surface area contributed by atoms with E-state index in [4.69, 9.17) is 15.0 Å². The van der Waals surface area contributed by atoms with Crippen LogP contribution in [0.5, 0.6) is 0 Å². The van der Waals surface area contributed by atoms with Crippen LogP contribution in [-0.2, 0) is 11.3 Å². The van der Waals surface area contributed by atoms with Crippen molar-refractivity contribution in [3.63, 3.8) is 0 Å². The number of halogens is 1. The Kier molecular flexibility index (Phi) is 6.09. The number of morpholine rings is 1. The summed E-state index contributed by atoms with van der Waals surface area (Å²) in [7, 11) is 0. The van der Waals surface area contributed by atoms with Crippen LogP contribution < -0.4 is 5.73 Å². The number of benzene rings is 2. The number of rotatable bonds is 5. The van der Waals surface area contributed by atoms with Crippen molar-refractivity contribution in [2.45, 2.75) is 19.4 Å². The van der Waals surface area contributed by atoms with E-state index in [1.54, 1.807) is 12.3 Å². The molecular formula is C23H25FN4O2. The van der Waals surface area contributed by atoms with Crippen molar-refractivity contribution in [2.75, 3.05) is 26.3 Å². The highest BCUT2D eigenvalue weighted by molar-refractivity contribution is 5.78. The monoisotopic (exact) mass is 408 g/mol. The summed E-state index contributed by atoms with van der Waals surface area (Å²) in [5, 5.41) is 4.15. The van der Waals surface area contributed by atoms with Crippen molar-refractivity contribution >= 4 is 5.96 Å². The molecule has 0 saturated carbocycles. The predicted molar refractivity (Wildman–Crippen MR) is 114 cm³/mol. The molecule has 3 aromatic rings. The standard InChI is InChI=1S/C23H25FN4O2/c1-16(18-7-8-20(21(24)13-18)17-5-3-2-4-6-17)22-19(15-30-27-22)14-26-23(25)28-9-11-29-12-10-28/h2-8,13,15-16H,9-12,14H2,1H3,(H2,25,26). The van der Waals surface area contributed by atoms with Crippen LogP contribution in [0.2, 0.25) is 0 Å². The molecule has 7 heteroatoms. The second-order valence-electron chi connectivity index (χ2n) is 7.33. The summed E-state index contributed by atoms with van der Waals surface area (Å²) in [6, 6.07) is 14.8. The summed E-state index contributed by atoms with van der Waals surface area (Å²) in [5.74, 6) is 0.0828. The van der Waals surface area contributed by atoms with Gasteiger partial charge in [0.05, 0.1) is 25.5 Å².